The van der Waals surface area contributed by atoms with Crippen LogP contribution in [0.4, 0.5) is 0 Å². The van der Waals surface area contributed by atoms with Gasteiger partial charge in [0.2, 0.25) is 5.91 Å². The number of carbonyl (C=O) groups excluding carboxylic acids is 1. The van der Waals surface area contributed by atoms with Crippen molar-refractivity contribution in [3.8, 4) is 0 Å². The molecule has 1 atom stereocenters. The van der Waals surface area contributed by atoms with E-state index in [-0.39, 0.29) is 5.91 Å². The molecule has 1 aliphatic rings. The standard InChI is InChI=1S/C14H18N2O/c1-11-7-9-16(10-8-11)14(17)13(15)12-5-3-2-4-6-12/h2-7,13H,8-10,15H2,1H3/t13-/m1/s1. The smallest absolute Gasteiger partial charge is 0.244 e. The number of hydrogen-bond donors (Lipinski definition) is 1. The van der Waals surface area contributed by atoms with E-state index in [0.717, 1.165) is 18.5 Å². The molecular weight excluding hydrogens is 212 g/mol. The average molecular weight is 230 g/mol. The van der Waals surface area contributed by atoms with E-state index >= 15 is 0 Å². The van der Waals surface area contributed by atoms with Gasteiger partial charge in [0.1, 0.15) is 6.04 Å². The molecule has 0 saturated heterocycles. The maximum absolute atomic E-state index is 12.2. The van der Waals surface area contributed by atoms with Crippen LogP contribution in [-0.4, -0.2) is 23.9 Å². The Morgan fingerprint density at radius 1 is 1.35 bits per heavy atom. The van der Waals surface area contributed by atoms with Crippen LogP contribution in [0.1, 0.15) is 24.9 Å². The summed E-state index contributed by atoms with van der Waals surface area (Å²) in [5.74, 6) is 0.0138. The molecule has 1 amide bonds. The second kappa shape index (κ2) is 5.15. The van der Waals surface area contributed by atoms with Crippen molar-refractivity contribution in [1.29, 1.82) is 0 Å². The van der Waals surface area contributed by atoms with E-state index in [1.165, 1.54) is 5.57 Å². The lowest BCUT2D eigenvalue weighted by molar-refractivity contribution is -0.132. The van der Waals surface area contributed by atoms with Gasteiger partial charge in [-0.25, -0.2) is 0 Å². The van der Waals surface area contributed by atoms with Crippen molar-refractivity contribution in [1.82, 2.24) is 4.90 Å². The molecule has 3 nitrogen and oxygen atoms in total. The lowest BCUT2D eigenvalue weighted by Crippen LogP contribution is -2.40. The van der Waals surface area contributed by atoms with Crippen LogP contribution < -0.4 is 5.73 Å². The summed E-state index contributed by atoms with van der Waals surface area (Å²) in [4.78, 5) is 14.0. The van der Waals surface area contributed by atoms with Gasteiger partial charge in [-0.05, 0) is 18.9 Å². The zero-order valence-corrected chi connectivity index (χ0v) is 10.1. The summed E-state index contributed by atoms with van der Waals surface area (Å²) < 4.78 is 0. The molecule has 17 heavy (non-hydrogen) atoms. The fraction of sp³-hybridized carbons (Fsp3) is 0.357. The Labute approximate surface area is 102 Å². The number of hydrogen-bond acceptors (Lipinski definition) is 2. The quantitative estimate of drug-likeness (QED) is 0.788. The number of rotatable bonds is 2. The highest BCUT2D eigenvalue weighted by atomic mass is 16.2. The minimum Gasteiger partial charge on any atom is -0.337 e. The summed E-state index contributed by atoms with van der Waals surface area (Å²) in [6, 6.07) is 8.99. The van der Waals surface area contributed by atoms with Crippen LogP contribution >= 0.6 is 0 Å². The molecule has 2 N–H and O–H groups in total. The number of amides is 1. The fourth-order valence-corrected chi connectivity index (χ4v) is 1.97. The van der Waals surface area contributed by atoms with Crippen molar-refractivity contribution in [2.75, 3.05) is 13.1 Å². The molecule has 1 heterocycles. The van der Waals surface area contributed by atoms with Crippen molar-refractivity contribution in [2.45, 2.75) is 19.4 Å². The topological polar surface area (TPSA) is 46.3 Å². The van der Waals surface area contributed by atoms with Gasteiger partial charge >= 0.3 is 0 Å². The Bertz CT molecular complexity index is 425. The van der Waals surface area contributed by atoms with Gasteiger partial charge in [-0.1, -0.05) is 42.0 Å². The molecule has 1 aromatic rings. The van der Waals surface area contributed by atoms with Crippen LogP contribution in [-0.2, 0) is 4.79 Å². The van der Waals surface area contributed by atoms with Crippen LogP contribution in [0.2, 0.25) is 0 Å². The average Bonchev–Trinajstić information content (AvgIpc) is 2.39. The third-order valence-corrected chi connectivity index (χ3v) is 3.17. The van der Waals surface area contributed by atoms with Crippen molar-refractivity contribution in [3.63, 3.8) is 0 Å². The minimum absolute atomic E-state index is 0.0138. The second-order valence-electron chi connectivity index (χ2n) is 4.47. The van der Waals surface area contributed by atoms with Gasteiger partial charge in [0.25, 0.3) is 0 Å². The van der Waals surface area contributed by atoms with Gasteiger partial charge < -0.3 is 10.6 Å². The molecule has 0 radical (unpaired) electrons. The van der Waals surface area contributed by atoms with Crippen LogP contribution in [0.25, 0.3) is 0 Å². The summed E-state index contributed by atoms with van der Waals surface area (Å²) in [5.41, 5.74) is 8.22. The predicted molar refractivity (Wildman–Crippen MR) is 68.3 cm³/mol. The molecule has 0 spiro atoms. The lowest BCUT2D eigenvalue weighted by atomic mass is 10.0. The highest BCUT2D eigenvalue weighted by Crippen LogP contribution is 2.16. The maximum Gasteiger partial charge on any atom is 0.244 e. The zero-order valence-electron chi connectivity index (χ0n) is 10.1. The monoisotopic (exact) mass is 230 g/mol. The predicted octanol–water partition coefficient (Wildman–Crippen LogP) is 1.87. The maximum atomic E-state index is 12.2. The van der Waals surface area contributed by atoms with Crippen LogP contribution in [0, 0.1) is 0 Å². The van der Waals surface area contributed by atoms with E-state index in [2.05, 4.69) is 13.0 Å². The van der Waals surface area contributed by atoms with Crippen LogP contribution in [0.5, 0.6) is 0 Å². The summed E-state index contributed by atoms with van der Waals surface area (Å²) in [7, 11) is 0. The number of nitrogens with two attached hydrogens (primary N) is 1. The second-order valence-corrected chi connectivity index (χ2v) is 4.47. The van der Waals surface area contributed by atoms with E-state index in [9.17, 15) is 4.79 Å². The Morgan fingerprint density at radius 2 is 2.06 bits per heavy atom. The fourth-order valence-electron chi connectivity index (χ4n) is 1.97. The van der Waals surface area contributed by atoms with Gasteiger partial charge in [-0.3, -0.25) is 4.79 Å². The van der Waals surface area contributed by atoms with Gasteiger partial charge in [-0.2, -0.15) is 0 Å². The number of carbonyl (C=O) groups is 1. The largest absolute Gasteiger partial charge is 0.337 e. The molecule has 0 bridgehead atoms. The molecule has 0 aromatic heterocycles. The third-order valence-electron chi connectivity index (χ3n) is 3.17. The highest BCUT2D eigenvalue weighted by Gasteiger charge is 2.22. The third kappa shape index (κ3) is 2.74. The van der Waals surface area contributed by atoms with Crippen molar-refractivity contribution in [2.24, 2.45) is 5.73 Å². The van der Waals surface area contributed by atoms with Gasteiger partial charge in [0.15, 0.2) is 0 Å². The first-order chi connectivity index (χ1) is 8.18. The normalized spacial score (nSPS) is 17.5. The molecular formula is C14H18N2O. The SMILES string of the molecule is CC1=CCN(C(=O)[C@H](N)c2ccccc2)CC1. The number of benzene rings is 1. The lowest BCUT2D eigenvalue weighted by Gasteiger charge is -2.28. The first kappa shape index (κ1) is 11.9. The molecule has 0 fully saturated rings. The van der Waals surface area contributed by atoms with Gasteiger partial charge in [-0.15, -0.1) is 0 Å². The van der Waals surface area contributed by atoms with E-state index in [1.54, 1.807) is 0 Å². The molecule has 90 valence electrons. The molecule has 1 aliphatic heterocycles. The highest BCUT2D eigenvalue weighted by molar-refractivity contribution is 5.83. The summed E-state index contributed by atoms with van der Waals surface area (Å²) in [6.07, 6.45) is 3.05. The molecule has 2 rings (SSSR count). The molecule has 3 heteroatoms. The Hall–Kier alpha value is -1.61. The van der Waals surface area contributed by atoms with Gasteiger partial charge in [0, 0.05) is 13.1 Å². The zero-order chi connectivity index (χ0) is 12.3. The Kier molecular flexibility index (Phi) is 3.59. The summed E-state index contributed by atoms with van der Waals surface area (Å²) in [6.45, 7) is 3.56. The Morgan fingerprint density at radius 3 is 2.65 bits per heavy atom. The summed E-state index contributed by atoms with van der Waals surface area (Å²) in [5, 5.41) is 0. The van der Waals surface area contributed by atoms with E-state index in [0.29, 0.717) is 6.54 Å². The van der Waals surface area contributed by atoms with Gasteiger partial charge in [0.05, 0.1) is 0 Å². The molecule has 0 aliphatic carbocycles. The van der Waals surface area contributed by atoms with Crippen molar-refractivity contribution >= 4 is 5.91 Å². The van der Waals surface area contributed by atoms with Crippen molar-refractivity contribution in [3.05, 3.63) is 47.5 Å². The van der Waals surface area contributed by atoms with Crippen molar-refractivity contribution < 1.29 is 4.79 Å². The number of nitrogens with zero attached hydrogens (tertiary/aromatic N) is 1. The Balaban J connectivity index is 2.06. The first-order valence-electron chi connectivity index (χ1n) is 5.93. The van der Waals surface area contributed by atoms with E-state index in [4.69, 9.17) is 5.73 Å². The summed E-state index contributed by atoms with van der Waals surface area (Å²) >= 11 is 0. The molecule has 0 unspecified atom stereocenters. The molecule has 1 aromatic carbocycles. The van der Waals surface area contributed by atoms with Crippen LogP contribution in [0.3, 0.4) is 0 Å². The molecule has 0 saturated carbocycles. The first-order valence-corrected chi connectivity index (χ1v) is 5.93. The minimum atomic E-state index is -0.539. The van der Waals surface area contributed by atoms with E-state index in [1.807, 2.05) is 35.2 Å². The van der Waals surface area contributed by atoms with Crippen LogP contribution in [0.15, 0.2) is 42.0 Å². The van der Waals surface area contributed by atoms with E-state index < -0.39 is 6.04 Å².